The summed E-state index contributed by atoms with van der Waals surface area (Å²) >= 11 is 0. The van der Waals surface area contributed by atoms with Crippen LogP contribution < -0.4 is 10.3 Å². The first kappa shape index (κ1) is 12.9. The standard InChI is InChI=1S/C17H13NO4/c19-8-11-7-15(21)18-9-22-17-14(6-5-13(11)16(17)18)10-1-3-12(20)4-2-10/h1-7,19-20H,8-9H2. The van der Waals surface area contributed by atoms with Gasteiger partial charge in [-0.05, 0) is 29.3 Å². The van der Waals surface area contributed by atoms with E-state index in [-0.39, 0.29) is 24.6 Å². The minimum atomic E-state index is -0.190. The number of hydrogen-bond donors (Lipinski definition) is 2. The van der Waals surface area contributed by atoms with Gasteiger partial charge in [0.1, 0.15) is 5.75 Å². The molecule has 4 rings (SSSR count). The van der Waals surface area contributed by atoms with Crippen LogP contribution in [0.2, 0.25) is 0 Å². The van der Waals surface area contributed by atoms with E-state index in [9.17, 15) is 15.0 Å². The van der Waals surface area contributed by atoms with Crippen molar-refractivity contribution in [1.82, 2.24) is 4.57 Å². The number of aromatic nitrogens is 1. The lowest BCUT2D eigenvalue weighted by atomic mass is 10.00. The second kappa shape index (κ2) is 4.61. The predicted molar refractivity (Wildman–Crippen MR) is 81.9 cm³/mol. The smallest absolute Gasteiger partial charge is 0.254 e. The molecule has 2 heterocycles. The molecule has 22 heavy (non-hydrogen) atoms. The lowest BCUT2D eigenvalue weighted by molar-refractivity contribution is 0.267. The summed E-state index contributed by atoms with van der Waals surface area (Å²) in [5.41, 5.74) is 2.87. The van der Waals surface area contributed by atoms with E-state index in [0.29, 0.717) is 16.8 Å². The first-order valence-corrected chi connectivity index (χ1v) is 6.91. The molecule has 0 saturated heterocycles. The fraction of sp³-hybridized carbons (Fsp3) is 0.118. The Morgan fingerprint density at radius 3 is 2.64 bits per heavy atom. The number of ether oxygens (including phenoxy) is 1. The number of hydrogen-bond acceptors (Lipinski definition) is 4. The maximum Gasteiger partial charge on any atom is 0.254 e. The van der Waals surface area contributed by atoms with Gasteiger partial charge < -0.3 is 14.9 Å². The van der Waals surface area contributed by atoms with Crippen molar-refractivity contribution in [3.05, 3.63) is 58.4 Å². The van der Waals surface area contributed by atoms with Gasteiger partial charge in [-0.25, -0.2) is 0 Å². The monoisotopic (exact) mass is 295 g/mol. The molecule has 3 aromatic rings. The Morgan fingerprint density at radius 1 is 1.14 bits per heavy atom. The SMILES string of the molecule is O=c1cc(CO)c2ccc(-c3ccc(O)cc3)c3c2n1CO3. The molecular weight excluding hydrogens is 282 g/mol. The van der Waals surface area contributed by atoms with E-state index in [4.69, 9.17) is 4.74 Å². The van der Waals surface area contributed by atoms with Crippen LogP contribution in [0.25, 0.3) is 22.0 Å². The average molecular weight is 295 g/mol. The minimum Gasteiger partial charge on any atom is -0.508 e. The summed E-state index contributed by atoms with van der Waals surface area (Å²) < 4.78 is 7.29. The van der Waals surface area contributed by atoms with Crippen LogP contribution in [0, 0.1) is 0 Å². The van der Waals surface area contributed by atoms with Gasteiger partial charge in [-0.3, -0.25) is 9.36 Å². The summed E-state index contributed by atoms with van der Waals surface area (Å²) in [5.74, 6) is 0.831. The van der Waals surface area contributed by atoms with Gasteiger partial charge in [0.25, 0.3) is 5.56 Å². The zero-order chi connectivity index (χ0) is 15.3. The highest BCUT2D eigenvalue weighted by Crippen LogP contribution is 2.40. The molecule has 0 fully saturated rings. The zero-order valence-corrected chi connectivity index (χ0v) is 11.6. The molecule has 0 bridgehead atoms. The molecule has 0 amide bonds. The Labute approximate surface area is 125 Å². The maximum atomic E-state index is 12.1. The summed E-state index contributed by atoms with van der Waals surface area (Å²) in [7, 11) is 0. The van der Waals surface area contributed by atoms with Crippen molar-refractivity contribution in [3.63, 3.8) is 0 Å². The molecule has 1 aliphatic heterocycles. The van der Waals surface area contributed by atoms with Gasteiger partial charge in [-0.1, -0.05) is 18.2 Å². The van der Waals surface area contributed by atoms with E-state index in [0.717, 1.165) is 16.5 Å². The third kappa shape index (κ3) is 1.72. The van der Waals surface area contributed by atoms with Gasteiger partial charge in [-0.15, -0.1) is 0 Å². The minimum absolute atomic E-state index is 0.172. The number of nitrogens with zero attached hydrogens (tertiary/aromatic N) is 1. The molecule has 1 aromatic heterocycles. The molecule has 2 aromatic carbocycles. The molecule has 0 aliphatic carbocycles. The largest absolute Gasteiger partial charge is 0.508 e. The van der Waals surface area contributed by atoms with Gasteiger partial charge in [-0.2, -0.15) is 0 Å². The summed E-state index contributed by atoms with van der Waals surface area (Å²) in [6.07, 6.45) is 0. The fourth-order valence-electron chi connectivity index (χ4n) is 2.92. The first-order valence-electron chi connectivity index (χ1n) is 6.91. The number of rotatable bonds is 2. The molecular formula is C17H13NO4. The van der Waals surface area contributed by atoms with Crippen LogP contribution in [-0.4, -0.2) is 14.8 Å². The quantitative estimate of drug-likeness (QED) is 0.760. The second-order valence-corrected chi connectivity index (χ2v) is 5.25. The molecule has 0 spiro atoms. The van der Waals surface area contributed by atoms with Crippen molar-refractivity contribution in [2.75, 3.05) is 0 Å². The molecule has 0 unspecified atom stereocenters. The third-order valence-electron chi connectivity index (χ3n) is 4.00. The van der Waals surface area contributed by atoms with E-state index in [1.54, 1.807) is 28.8 Å². The fourth-order valence-corrected chi connectivity index (χ4v) is 2.92. The van der Waals surface area contributed by atoms with E-state index in [1.807, 2.05) is 12.1 Å². The third-order valence-corrected chi connectivity index (χ3v) is 4.00. The molecule has 0 saturated carbocycles. The van der Waals surface area contributed by atoms with Crippen LogP contribution in [0.5, 0.6) is 11.5 Å². The number of phenolic OH excluding ortho intramolecular Hbond substituents is 1. The summed E-state index contributed by atoms with van der Waals surface area (Å²) in [6.45, 7) is -0.0178. The van der Waals surface area contributed by atoms with Crippen molar-refractivity contribution in [2.24, 2.45) is 0 Å². The van der Waals surface area contributed by atoms with Gasteiger partial charge >= 0.3 is 0 Å². The summed E-state index contributed by atoms with van der Waals surface area (Å²) in [5, 5.41) is 19.7. The molecule has 2 N–H and O–H groups in total. The van der Waals surface area contributed by atoms with Crippen molar-refractivity contribution < 1.29 is 14.9 Å². The van der Waals surface area contributed by atoms with E-state index >= 15 is 0 Å². The Kier molecular flexibility index (Phi) is 2.71. The summed E-state index contributed by atoms with van der Waals surface area (Å²) in [4.78, 5) is 12.1. The second-order valence-electron chi connectivity index (χ2n) is 5.25. The maximum absolute atomic E-state index is 12.1. The molecule has 1 aliphatic rings. The highest BCUT2D eigenvalue weighted by atomic mass is 16.5. The van der Waals surface area contributed by atoms with Crippen molar-refractivity contribution in [3.8, 4) is 22.6 Å². The highest BCUT2D eigenvalue weighted by molar-refractivity contribution is 5.95. The number of phenols is 1. The Hall–Kier alpha value is -2.79. The van der Waals surface area contributed by atoms with Crippen LogP contribution >= 0.6 is 0 Å². The van der Waals surface area contributed by atoms with E-state index < -0.39 is 0 Å². The molecule has 5 nitrogen and oxygen atoms in total. The highest BCUT2D eigenvalue weighted by Gasteiger charge is 2.22. The van der Waals surface area contributed by atoms with E-state index in [2.05, 4.69) is 0 Å². The van der Waals surface area contributed by atoms with Gasteiger partial charge in [0, 0.05) is 17.0 Å². The Morgan fingerprint density at radius 2 is 1.91 bits per heavy atom. The van der Waals surface area contributed by atoms with Crippen LogP contribution in [0.1, 0.15) is 5.56 Å². The number of pyridine rings is 1. The van der Waals surface area contributed by atoms with Crippen molar-refractivity contribution >= 4 is 10.9 Å². The first-order chi connectivity index (χ1) is 10.7. The van der Waals surface area contributed by atoms with Crippen LogP contribution in [0.3, 0.4) is 0 Å². The topological polar surface area (TPSA) is 71.7 Å². The van der Waals surface area contributed by atoms with Gasteiger partial charge in [0.05, 0.1) is 12.1 Å². The normalized spacial score (nSPS) is 12.6. The van der Waals surface area contributed by atoms with Crippen LogP contribution in [0.4, 0.5) is 0 Å². The average Bonchev–Trinajstić information content (AvgIpc) is 2.98. The zero-order valence-electron chi connectivity index (χ0n) is 11.6. The molecule has 110 valence electrons. The Balaban J connectivity index is 2.06. The number of aliphatic hydroxyl groups is 1. The number of benzene rings is 2. The van der Waals surface area contributed by atoms with Crippen LogP contribution in [0.15, 0.2) is 47.3 Å². The van der Waals surface area contributed by atoms with Crippen molar-refractivity contribution in [2.45, 2.75) is 13.3 Å². The number of aliphatic hydroxyl groups excluding tert-OH is 1. The predicted octanol–water partition coefficient (Wildman–Crippen LogP) is 2.22. The molecule has 0 atom stereocenters. The van der Waals surface area contributed by atoms with Gasteiger partial charge in [0.15, 0.2) is 12.5 Å². The van der Waals surface area contributed by atoms with Crippen molar-refractivity contribution in [1.29, 1.82) is 0 Å². The summed E-state index contributed by atoms with van der Waals surface area (Å²) in [6, 6.07) is 12.1. The number of aromatic hydroxyl groups is 1. The molecule has 5 heteroatoms. The molecule has 0 radical (unpaired) electrons. The lowest BCUT2D eigenvalue weighted by Crippen LogP contribution is -2.18. The van der Waals surface area contributed by atoms with Gasteiger partial charge in [0.2, 0.25) is 0 Å². The lowest BCUT2D eigenvalue weighted by Gasteiger charge is -2.09. The van der Waals surface area contributed by atoms with E-state index in [1.165, 1.54) is 6.07 Å². The van der Waals surface area contributed by atoms with Crippen LogP contribution in [-0.2, 0) is 13.3 Å². The Bertz CT molecular complexity index is 942.